The molecule has 3 rings (SSSR count). The number of allylic oxidation sites excluding steroid dienone is 2. The Kier molecular flexibility index (Phi) is 1.93. The number of carbonyl (C=O) groups excluding carboxylic acids is 1. The zero-order valence-corrected chi connectivity index (χ0v) is 8.94. The summed E-state index contributed by atoms with van der Waals surface area (Å²) < 4.78 is 10.5. The topological polar surface area (TPSA) is 38.8 Å². The Morgan fingerprint density at radius 1 is 1.53 bits per heavy atom. The lowest BCUT2D eigenvalue weighted by Gasteiger charge is -2.17. The molecule has 3 aliphatic rings. The van der Waals surface area contributed by atoms with Crippen molar-refractivity contribution in [1.82, 2.24) is 0 Å². The maximum atomic E-state index is 11.8. The fraction of sp³-hybridized carbons (Fsp3) is 0.750. The minimum atomic E-state index is -0.177. The molecule has 82 valence electrons. The molecule has 1 saturated heterocycles. The third-order valence-electron chi connectivity index (χ3n) is 3.74. The van der Waals surface area contributed by atoms with Crippen LogP contribution in [-0.2, 0) is 14.3 Å². The van der Waals surface area contributed by atoms with Crippen molar-refractivity contribution in [2.24, 2.45) is 17.8 Å². The largest absolute Gasteiger partial charge is 0.462 e. The van der Waals surface area contributed by atoms with Gasteiger partial charge in [0.15, 0.2) is 0 Å². The molecule has 0 radical (unpaired) electrons. The minimum absolute atomic E-state index is 0.0245. The third kappa shape index (κ3) is 1.69. The Labute approximate surface area is 89.4 Å². The van der Waals surface area contributed by atoms with Gasteiger partial charge in [-0.15, -0.1) is 0 Å². The summed E-state index contributed by atoms with van der Waals surface area (Å²) in [4.78, 5) is 11.8. The van der Waals surface area contributed by atoms with Gasteiger partial charge in [-0.25, -0.2) is 0 Å². The molecule has 0 aromatic heterocycles. The highest BCUT2D eigenvalue weighted by atomic mass is 16.6. The van der Waals surface area contributed by atoms with E-state index in [0.29, 0.717) is 18.4 Å². The highest BCUT2D eigenvalue weighted by Crippen LogP contribution is 2.44. The molecule has 4 unspecified atom stereocenters. The molecule has 3 heteroatoms. The van der Waals surface area contributed by atoms with E-state index in [1.807, 2.05) is 6.92 Å². The van der Waals surface area contributed by atoms with Crippen LogP contribution in [0.15, 0.2) is 12.2 Å². The van der Waals surface area contributed by atoms with Crippen molar-refractivity contribution in [1.29, 1.82) is 0 Å². The maximum absolute atomic E-state index is 11.8. The van der Waals surface area contributed by atoms with Crippen molar-refractivity contribution in [2.45, 2.75) is 25.4 Å². The van der Waals surface area contributed by atoms with Gasteiger partial charge < -0.3 is 9.47 Å². The normalized spacial score (nSPS) is 45.8. The predicted octanol–water partition coefficient (Wildman–Crippen LogP) is 1.53. The Bertz CT molecular complexity index is 317. The molecule has 0 aromatic carbocycles. The van der Waals surface area contributed by atoms with Gasteiger partial charge in [0.25, 0.3) is 0 Å². The van der Waals surface area contributed by atoms with Crippen LogP contribution in [-0.4, -0.2) is 24.8 Å². The van der Waals surface area contributed by atoms with E-state index in [9.17, 15) is 4.79 Å². The van der Waals surface area contributed by atoms with Crippen LogP contribution in [0.4, 0.5) is 0 Å². The molecular formula is C12H16O3. The molecule has 0 N–H and O–H groups in total. The van der Waals surface area contributed by atoms with E-state index in [-0.39, 0.29) is 17.5 Å². The predicted molar refractivity (Wildman–Crippen MR) is 54.2 cm³/mol. The summed E-state index contributed by atoms with van der Waals surface area (Å²) in [6, 6.07) is 0. The number of hydrogen-bond acceptors (Lipinski definition) is 3. The van der Waals surface area contributed by atoms with Gasteiger partial charge >= 0.3 is 5.97 Å². The first kappa shape index (κ1) is 9.40. The van der Waals surface area contributed by atoms with Crippen molar-refractivity contribution in [3.05, 3.63) is 12.2 Å². The summed E-state index contributed by atoms with van der Waals surface area (Å²) in [6.07, 6.45) is 6.54. The molecular weight excluding hydrogens is 192 g/mol. The average Bonchev–Trinajstić information content (AvgIpc) is 2.69. The van der Waals surface area contributed by atoms with E-state index in [0.717, 1.165) is 19.4 Å². The number of carbonyl (C=O) groups is 1. The SMILES string of the molecule is CC1(COC(=O)C2CC3C=CC2C3)CO1. The van der Waals surface area contributed by atoms with E-state index in [2.05, 4.69) is 12.2 Å². The summed E-state index contributed by atoms with van der Waals surface area (Å²) >= 11 is 0. The van der Waals surface area contributed by atoms with Gasteiger partial charge in [-0.2, -0.15) is 0 Å². The number of fused-ring (bicyclic) bond motifs is 2. The van der Waals surface area contributed by atoms with Gasteiger partial charge in [0.2, 0.25) is 0 Å². The van der Waals surface area contributed by atoms with Crippen molar-refractivity contribution in [3.8, 4) is 0 Å². The first-order valence-corrected chi connectivity index (χ1v) is 5.65. The molecule has 1 aliphatic heterocycles. The second-order valence-corrected chi connectivity index (χ2v) is 5.23. The van der Waals surface area contributed by atoms with Crippen LogP contribution >= 0.6 is 0 Å². The quantitative estimate of drug-likeness (QED) is 0.401. The lowest BCUT2D eigenvalue weighted by Crippen LogP contribution is -2.26. The number of esters is 1. The van der Waals surface area contributed by atoms with Crippen LogP contribution in [0.1, 0.15) is 19.8 Å². The summed E-state index contributed by atoms with van der Waals surface area (Å²) in [5.41, 5.74) is -0.177. The van der Waals surface area contributed by atoms with Crippen molar-refractivity contribution in [3.63, 3.8) is 0 Å². The zero-order valence-electron chi connectivity index (χ0n) is 8.94. The van der Waals surface area contributed by atoms with Gasteiger partial charge in [0.05, 0.1) is 12.5 Å². The zero-order chi connectivity index (χ0) is 10.5. The van der Waals surface area contributed by atoms with Gasteiger partial charge in [0.1, 0.15) is 12.2 Å². The van der Waals surface area contributed by atoms with E-state index >= 15 is 0 Å². The Morgan fingerprint density at radius 2 is 2.33 bits per heavy atom. The van der Waals surface area contributed by atoms with E-state index in [1.165, 1.54) is 0 Å². The van der Waals surface area contributed by atoms with Crippen LogP contribution < -0.4 is 0 Å². The molecule has 3 nitrogen and oxygen atoms in total. The highest BCUT2D eigenvalue weighted by Gasteiger charge is 2.44. The lowest BCUT2D eigenvalue weighted by atomic mass is 9.94. The average molecular weight is 208 g/mol. The summed E-state index contributed by atoms with van der Waals surface area (Å²) in [7, 11) is 0. The Balaban J connectivity index is 1.54. The Morgan fingerprint density at radius 3 is 2.87 bits per heavy atom. The molecule has 2 fully saturated rings. The second kappa shape index (κ2) is 3.08. The molecule has 2 aliphatic carbocycles. The van der Waals surface area contributed by atoms with Crippen LogP contribution in [0.3, 0.4) is 0 Å². The van der Waals surface area contributed by atoms with Crippen LogP contribution in [0.25, 0.3) is 0 Å². The minimum Gasteiger partial charge on any atom is -0.462 e. The van der Waals surface area contributed by atoms with Crippen molar-refractivity contribution < 1.29 is 14.3 Å². The van der Waals surface area contributed by atoms with Gasteiger partial charge in [-0.05, 0) is 31.6 Å². The van der Waals surface area contributed by atoms with Crippen molar-refractivity contribution >= 4 is 5.97 Å². The number of epoxide rings is 1. The number of hydrogen-bond donors (Lipinski definition) is 0. The third-order valence-corrected chi connectivity index (χ3v) is 3.74. The molecule has 0 spiro atoms. The van der Waals surface area contributed by atoms with E-state index in [4.69, 9.17) is 9.47 Å². The standard InChI is InChI=1S/C12H16O3/c1-12(7-15-12)6-14-11(13)10-5-8-2-3-9(10)4-8/h2-3,8-10H,4-7H2,1H3. The maximum Gasteiger partial charge on any atom is 0.309 e. The summed E-state index contributed by atoms with van der Waals surface area (Å²) in [5, 5.41) is 0. The van der Waals surface area contributed by atoms with Crippen molar-refractivity contribution in [2.75, 3.05) is 13.2 Å². The molecule has 1 heterocycles. The molecule has 2 bridgehead atoms. The summed E-state index contributed by atoms with van der Waals surface area (Å²) in [6.45, 7) is 3.11. The molecule has 15 heavy (non-hydrogen) atoms. The molecule has 4 atom stereocenters. The summed E-state index contributed by atoms with van der Waals surface area (Å²) in [5.74, 6) is 1.15. The van der Waals surface area contributed by atoms with E-state index < -0.39 is 0 Å². The highest BCUT2D eigenvalue weighted by molar-refractivity contribution is 5.74. The smallest absolute Gasteiger partial charge is 0.309 e. The lowest BCUT2D eigenvalue weighted by molar-refractivity contribution is -0.151. The van der Waals surface area contributed by atoms with Crippen LogP contribution in [0.2, 0.25) is 0 Å². The fourth-order valence-electron chi connectivity index (χ4n) is 2.59. The molecule has 1 saturated carbocycles. The Hall–Kier alpha value is -0.830. The van der Waals surface area contributed by atoms with Gasteiger partial charge in [0, 0.05) is 0 Å². The molecule has 0 amide bonds. The number of ether oxygens (including phenoxy) is 2. The first-order valence-electron chi connectivity index (χ1n) is 5.65. The van der Waals surface area contributed by atoms with Crippen LogP contribution in [0.5, 0.6) is 0 Å². The second-order valence-electron chi connectivity index (χ2n) is 5.23. The van der Waals surface area contributed by atoms with Gasteiger partial charge in [-0.1, -0.05) is 12.2 Å². The van der Waals surface area contributed by atoms with Gasteiger partial charge in [-0.3, -0.25) is 4.79 Å². The molecule has 0 aromatic rings. The first-order chi connectivity index (χ1) is 7.16. The van der Waals surface area contributed by atoms with Crippen LogP contribution in [0, 0.1) is 17.8 Å². The van der Waals surface area contributed by atoms with E-state index in [1.54, 1.807) is 0 Å². The number of rotatable bonds is 3. The fourth-order valence-corrected chi connectivity index (χ4v) is 2.59. The monoisotopic (exact) mass is 208 g/mol.